The molecule has 1 saturated heterocycles. The highest BCUT2D eigenvalue weighted by Crippen LogP contribution is 2.27. The van der Waals surface area contributed by atoms with Crippen molar-refractivity contribution in [2.45, 2.75) is 25.5 Å². The van der Waals surface area contributed by atoms with Crippen LogP contribution in [0.1, 0.15) is 17.5 Å². The van der Waals surface area contributed by atoms with Gasteiger partial charge >= 0.3 is 0 Å². The number of carbonyl (C=O) groups is 2. The number of rotatable bonds is 4. The Bertz CT molecular complexity index is 881. The Morgan fingerprint density at radius 1 is 1.23 bits per heavy atom. The third-order valence-corrected chi connectivity index (χ3v) is 5.44. The summed E-state index contributed by atoms with van der Waals surface area (Å²) in [5, 5.41) is 6.14. The number of nitrogens with zero attached hydrogens (tertiary/aromatic N) is 1. The van der Waals surface area contributed by atoms with Crippen LogP contribution in [0.2, 0.25) is 5.02 Å². The third kappa shape index (κ3) is 4.45. The van der Waals surface area contributed by atoms with Gasteiger partial charge in [0.1, 0.15) is 5.25 Å². The first-order valence-electron chi connectivity index (χ1n) is 8.10. The summed E-state index contributed by atoms with van der Waals surface area (Å²) < 4.78 is 0. The minimum Gasteiger partial charge on any atom is -0.326 e. The van der Waals surface area contributed by atoms with Crippen molar-refractivity contribution in [3.63, 3.8) is 0 Å². The summed E-state index contributed by atoms with van der Waals surface area (Å²) in [5.74, 6) is -0.446. The Hall–Kier alpha value is -2.31. The number of aliphatic imine (C=N–C) groups is 1. The molecule has 0 aliphatic carbocycles. The summed E-state index contributed by atoms with van der Waals surface area (Å²) in [6.45, 7) is 3.83. The molecule has 2 amide bonds. The number of carbonyl (C=O) groups excluding carboxylic acids is 2. The molecule has 2 aromatic rings. The second-order valence-corrected chi connectivity index (χ2v) is 7.61. The summed E-state index contributed by atoms with van der Waals surface area (Å²) >= 11 is 7.33. The zero-order valence-corrected chi connectivity index (χ0v) is 15.9. The molecule has 0 radical (unpaired) electrons. The van der Waals surface area contributed by atoms with Crippen LogP contribution in [0.3, 0.4) is 0 Å². The van der Waals surface area contributed by atoms with Crippen molar-refractivity contribution in [2.75, 3.05) is 5.32 Å². The van der Waals surface area contributed by atoms with Crippen LogP contribution in [0, 0.1) is 13.8 Å². The Morgan fingerprint density at radius 3 is 2.69 bits per heavy atom. The van der Waals surface area contributed by atoms with Crippen LogP contribution >= 0.6 is 23.4 Å². The number of aryl methyl sites for hydroxylation is 1. The minimum atomic E-state index is -0.501. The van der Waals surface area contributed by atoms with Crippen molar-refractivity contribution in [2.24, 2.45) is 4.99 Å². The molecule has 1 heterocycles. The molecule has 1 aliphatic rings. The fourth-order valence-corrected chi connectivity index (χ4v) is 3.60. The molecule has 0 saturated carbocycles. The number of halogens is 1. The molecule has 0 aromatic heterocycles. The van der Waals surface area contributed by atoms with Gasteiger partial charge in [-0.1, -0.05) is 47.1 Å². The highest BCUT2D eigenvalue weighted by Gasteiger charge is 2.32. The number of hydrogen-bond donors (Lipinski definition) is 2. The monoisotopic (exact) mass is 387 g/mol. The SMILES string of the molecule is Cc1ccc(N=C2NC(=O)[C@@H](CC(=O)Nc3cccc(Cl)c3C)S2)cc1. The first kappa shape index (κ1) is 18.5. The summed E-state index contributed by atoms with van der Waals surface area (Å²) in [7, 11) is 0. The largest absolute Gasteiger partial charge is 0.326 e. The van der Waals surface area contributed by atoms with Gasteiger partial charge in [0, 0.05) is 17.1 Å². The molecule has 1 aliphatic heterocycles. The van der Waals surface area contributed by atoms with Crippen LogP contribution < -0.4 is 10.6 Å². The second-order valence-electron chi connectivity index (χ2n) is 6.01. The van der Waals surface area contributed by atoms with Crippen molar-refractivity contribution in [1.29, 1.82) is 0 Å². The average Bonchev–Trinajstić information content (AvgIpc) is 2.93. The minimum absolute atomic E-state index is 0.0649. The molecular formula is C19H18ClN3O2S. The lowest BCUT2D eigenvalue weighted by Crippen LogP contribution is -2.28. The molecule has 3 rings (SSSR count). The van der Waals surface area contributed by atoms with E-state index in [1.807, 2.05) is 38.1 Å². The molecule has 0 bridgehead atoms. The Labute approximate surface area is 161 Å². The lowest BCUT2D eigenvalue weighted by Gasteiger charge is -2.10. The normalized spacial score (nSPS) is 18.0. The maximum atomic E-state index is 12.3. The predicted molar refractivity (Wildman–Crippen MR) is 107 cm³/mol. The molecule has 2 aromatic carbocycles. The molecule has 26 heavy (non-hydrogen) atoms. The summed E-state index contributed by atoms with van der Waals surface area (Å²) in [5.41, 5.74) is 3.35. The van der Waals surface area contributed by atoms with Crippen LogP contribution in [0.5, 0.6) is 0 Å². The third-order valence-electron chi connectivity index (χ3n) is 3.95. The highest BCUT2D eigenvalue weighted by atomic mass is 35.5. The van der Waals surface area contributed by atoms with Gasteiger partial charge in [-0.3, -0.25) is 9.59 Å². The zero-order chi connectivity index (χ0) is 18.7. The molecular weight excluding hydrogens is 370 g/mol. The van der Waals surface area contributed by atoms with Gasteiger partial charge in [0.05, 0.1) is 5.69 Å². The molecule has 1 fully saturated rings. The van der Waals surface area contributed by atoms with Gasteiger partial charge in [-0.2, -0.15) is 0 Å². The lowest BCUT2D eigenvalue weighted by atomic mass is 10.2. The summed E-state index contributed by atoms with van der Waals surface area (Å²) in [4.78, 5) is 28.8. The van der Waals surface area contributed by atoms with E-state index >= 15 is 0 Å². The van der Waals surface area contributed by atoms with Crippen molar-refractivity contribution < 1.29 is 9.59 Å². The molecule has 0 spiro atoms. The van der Waals surface area contributed by atoms with E-state index in [0.29, 0.717) is 15.9 Å². The van der Waals surface area contributed by atoms with E-state index < -0.39 is 5.25 Å². The molecule has 0 unspecified atom stereocenters. The highest BCUT2D eigenvalue weighted by molar-refractivity contribution is 8.15. The van der Waals surface area contributed by atoms with E-state index in [2.05, 4.69) is 15.6 Å². The molecule has 2 N–H and O–H groups in total. The van der Waals surface area contributed by atoms with Crippen molar-refractivity contribution in [3.8, 4) is 0 Å². The number of hydrogen-bond acceptors (Lipinski definition) is 4. The maximum absolute atomic E-state index is 12.3. The van der Waals surface area contributed by atoms with E-state index in [9.17, 15) is 9.59 Å². The number of amidine groups is 1. The average molecular weight is 388 g/mol. The topological polar surface area (TPSA) is 70.6 Å². The van der Waals surface area contributed by atoms with Gasteiger partial charge in [-0.05, 0) is 43.7 Å². The van der Waals surface area contributed by atoms with Gasteiger partial charge in [0.25, 0.3) is 0 Å². The van der Waals surface area contributed by atoms with Gasteiger partial charge in [-0.15, -0.1) is 0 Å². The maximum Gasteiger partial charge on any atom is 0.240 e. The van der Waals surface area contributed by atoms with Crippen LogP contribution in [-0.2, 0) is 9.59 Å². The van der Waals surface area contributed by atoms with E-state index in [1.165, 1.54) is 11.8 Å². The van der Waals surface area contributed by atoms with Crippen molar-refractivity contribution >= 4 is 51.7 Å². The number of nitrogens with one attached hydrogen (secondary N) is 2. The van der Waals surface area contributed by atoms with E-state index in [-0.39, 0.29) is 18.2 Å². The van der Waals surface area contributed by atoms with Gasteiger partial charge in [-0.25, -0.2) is 4.99 Å². The first-order valence-corrected chi connectivity index (χ1v) is 9.36. The number of benzene rings is 2. The Balaban J connectivity index is 1.63. The fourth-order valence-electron chi connectivity index (χ4n) is 2.44. The van der Waals surface area contributed by atoms with E-state index in [1.54, 1.807) is 18.2 Å². The Morgan fingerprint density at radius 2 is 1.96 bits per heavy atom. The quantitative estimate of drug-likeness (QED) is 0.825. The fraction of sp³-hybridized carbons (Fsp3) is 0.211. The molecule has 134 valence electrons. The lowest BCUT2D eigenvalue weighted by molar-refractivity contribution is -0.122. The van der Waals surface area contributed by atoms with Gasteiger partial charge in [0.2, 0.25) is 11.8 Å². The zero-order valence-electron chi connectivity index (χ0n) is 14.4. The predicted octanol–water partition coefficient (Wildman–Crippen LogP) is 4.20. The van der Waals surface area contributed by atoms with Crippen LogP contribution in [-0.4, -0.2) is 22.2 Å². The van der Waals surface area contributed by atoms with Gasteiger partial charge in [0.15, 0.2) is 5.17 Å². The Kier molecular flexibility index (Phi) is 5.64. The summed E-state index contributed by atoms with van der Waals surface area (Å²) in [6.07, 6.45) is 0.0649. The first-order chi connectivity index (χ1) is 12.4. The molecule has 1 atom stereocenters. The van der Waals surface area contributed by atoms with Crippen LogP contribution in [0.25, 0.3) is 0 Å². The van der Waals surface area contributed by atoms with Crippen molar-refractivity contribution in [1.82, 2.24) is 5.32 Å². The van der Waals surface area contributed by atoms with Crippen LogP contribution in [0.4, 0.5) is 11.4 Å². The second kappa shape index (κ2) is 7.93. The van der Waals surface area contributed by atoms with Crippen molar-refractivity contribution in [3.05, 3.63) is 58.6 Å². The molecule has 5 nitrogen and oxygen atoms in total. The van der Waals surface area contributed by atoms with E-state index in [0.717, 1.165) is 16.8 Å². The van der Waals surface area contributed by atoms with Gasteiger partial charge < -0.3 is 10.6 Å². The smallest absolute Gasteiger partial charge is 0.240 e. The number of thioether (sulfide) groups is 1. The number of amides is 2. The standard InChI is InChI=1S/C19H18ClN3O2S/c1-11-6-8-13(9-7-11)21-19-23-18(25)16(26-19)10-17(24)22-15-5-3-4-14(20)12(15)2/h3-9,16H,10H2,1-2H3,(H,22,24)(H,21,23,25)/t16-/m1/s1. The molecule has 7 heteroatoms. The number of anilines is 1. The van der Waals surface area contributed by atoms with E-state index in [4.69, 9.17) is 11.6 Å². The van der Waals surface area contributed by atoms with Crippen LogP contribution in [0.15, 0.2) is 47.5 Å². The summed E-state index contributed by atoms with van der Waals surface area (Å²) in [6, 6.07) is 13.0.